The number of phenols is 1. The molecule has 2 aromatic carbocycles. The highest BCUT2D eigenvalue weighted by atomic mass is 16.6. The number of amides is 1. The lowest BCUT2D eigenvalue weighted by Gasteiger charge is -2.01. The fourth-order valence-electron chi connectivity index (χ4n) is 2.26. The standard InChI is InChI=1S/C18H15N5O4/c24-16-7-3-13(4-8-16)11-19-20-18(25)17-9-10-22(21-17)12-14-1-5-15(6-2-14)23(26)27/h1-11,24H,12H2,(H,20,25)/b19-11-. The summed E-state index contributed by atoms with van der Waals surface area (Å²) in [5, 5.41) is 27.9. The van der Waals surface area contributed by atoms with Gasteiger partial charge in [-0.05, 0) is 41.5 Å². The van der Waals surface area contributed by atoms with Crippen molar-refractivity contribution in [3.05, 3.63) is 87.7 Å². The van der Waals surface area contributed by atoms with Gasteiger partial charge in [0, 0.05) is 18.3 Å². The summed E-state index contributed by atoms with van der Waals surface area (Å²) in [4.78, 5) is 22.3. The Bertz CT molecular complexity index is 978. The van der Waals surface area contributed by atoms with Crippen molar-refractivity contribution < 1.29 is 14.8 Å². The summed E-state index contributed by atoms with van der Waals surface area (Å²) in [7, 11) is 0. The molecule has 0 unspecified atom stereocenters. The average molecular weight is 365 g/mol. The van der Waals surface area contributed by atoms with Gasteiger partial charge in [-0.3, -0.25) is 19.6 Å². The SMILES string of the molecule is O=C(N/N=C\c1ccc(O)cc1)c1ccn(Cc2ccc([N+](=O)[O-])cc2)n1. The predicted octanol–water partition coefficient (Wildman–Crippen LogP) is 2.31. The van der Waals surface area contributed by atoms with Gasteiger partial charge < -0.3 is 5.11 Å². The van der Waals surface area contributed by atoms with E-state index < -0.39 is 10.8 Å². The van der Waals surface area contributed by atoms with Crippen molar-refractivity contribution in [3.63, 3.8) is 0 Å². The van der Waals surface area contributed by atoms with Crippen LogP contribution < -0.4 is 5.43 Å². The van der Waals surface area contributed by atoms with Gasteiger partial charge >= 0.3 is 0 Å². The van der Waals surface area contributed by atoms with E-state index in [0.717, 1.165) is 11.1 Å². The van der Waals surface area contributed by atoms with E-state index in [2.05, 4.69) is 15.6 Å². The van der Waals surface area contributed by atoms with E-state index in [1.54, 1.807) is 41.2 Å². The maximum atomic E-state index is 12.1. The smallest absolute Gasteiger partial charge is 0.291 e. The number of benzene rings is 2. The molecule has 0 fully saturated rings. The molecule has 0 atom stereocenters. The van der Waals surface area contributed by atoms with Crippen LogP contribution in [-0.4, -0.2) is 31.9 Å². The van der Waals surface area contributed by atoms with E-state index in [1.807, 2.05) is 0 Å². The number of rotatable bonds is 6. The van der Waals surface area contributed by atoms with Crippen LogP contribution in [0.15, 0.2) is 65.9 Å². The number of phenolic OH excluding ortho intramolecular Hbond substituents is 1. The fourth-order valence-corrected chi connectivity index (χ4v) is 2.26. The summed E-state index contributed by atoms with van der Waals surface area (Å²) in [6.07, 6.45) is 3.09. The van der Waals surface area contributed by atoms with Crippen LogP contribution in [0.3, 0.4) is 0 Å². The maximum absolute atomic E-state index is 12.1. The Labute approximate surface area is 153 Å². The first-order valence-corrected chi connectivity index (χ1v) is 7.90. The number of aromatic hydroxyl groups is 1. The molecule has 1 aromatic heterocycles. The van der Waals surface area contributed by atoms with Crippen LogP contribution in [0.5, 0.6) is 5.75 Å². The number of carbonyl (C=O) groups excluding carboxylic acids is 1. The highest BCUT2D eigenvalue weighted by molar-refractivity contribution is 5.93. The Morgan fingerprint density at radius 2 is 1.89 bits per heavy atom. The zero-order valence-corrected chi connectivity index (χ0v) is 14.0. The zero-order valence-electron chi connectivity index (χ0n) is 14.0. The first kappa shape index (κ1) is 17.8. The minimum Gasteiger partial charge on any atom is -0.508 e. The van der Waals surface area contributed by atoms with Gasteiger partial charge in [0.25, 0.3) is 11.6 Å². The molecule has 9 heteroatoms. The lowest BCUT2D eigenvalue weighted by atomic mass is 10.2. The monoisotopic (exact) mass is 365 g/mol. The Balaban J connectivity index is 1.58. The van der Waals surface area contributed by atoms with Crippen molar-refractivity contribution in [1.29, 1.82) is 0 Å². The zero-order chi connectivity index (χ0) is 19.2. The molecule has 0 saturated carbocycles. The minimum absolute atomic E-state index is 0.0192. The van der Waals surface area contributed by atoms with Crippen LogP contribution in [0.25, 0.3) is 0 Å². The van der Waals surface area contributed by atoms with Crippen LogP contribution in [0, 0.1) is 10.1 Å². The molecular formula is C18H15N5O4. The normalized spacial score (nSPS) is 10.8. The molecule has 0 aliphatic heterocycles. The maximum Gasteiger partial charge on any atom is 0.291 e. The highest BCUT2D eigenvalue weighted by Crippen LogP contribution is 2.13. The van der Waals surface area contributed by atoms with Crippen molar-refractivity contribution in [2.75, 3.05) is 0 Å². The van der Waals surface area contributed by atoms with Crippen molar-refractivity contribution in [2.24, 2.45) is 5.10 Å². The number of carbonyl (C=O) groups is 1. The van der Waals surface area contributed by atoms with Gasteiger partial charge in [0.15, 0.2) is 5.69 Å². The molecule has 3 aromatic rings. The largest absolute Gasteiger partial charge is 0.508 e. The Morgan fingerprint density at radius 3 is 2.56 bits per heavy atom. The number of hydrazone groups is 1. The number of nitrogens with one attached hydrogen (secondary N) is 1. The third-order valence-corrected chi connectivity index (χ3v) is 3.64. The van der Waals surface area contributed by atoms with E-state index >= 15 is 0 Å². The van der Waals surface area contributed by atoms with E-state index in [-0.39, 0.29) is 17.1 Å². The van der Waals surface area contributed by atoms with E-state index in [9.17, 15) is 20.0 Å². The van der Waals surface area contributed by atoms with E-state index in [4.69, 9.17) is 0 Å². The summed E-state index contributed by atoms with van der Waals surface area (Å²) < 4.78 is 1.56. The minimum atomic E-state index is -0.465. The molecule has 9 nitrogen and oxygen atoms in total. The molecule has 0 bridgehead atoms. The van der Waals surface area contributed by atoms with Gasteiger partial charge in [0.1, 0.15) is 5.75 Å². The average Bonchev–Trinajstić information content (AvgIpc) is 3.12. The van der Waals surface area contributed by atoms with Crippen LogP contribution in [-0.2, 0) is 6.54 Å². The van der Waals surface area contributed by atoms with Crippen molar-refractivity contribution in [2.45, 2.75) is 6.54 Å². The second-order valence-corrected chi connectivity index (χ2v) is 5.61. The number of nitro groups is 1. The summed E-state index contributed by atoms with van der Waals surface area (Å²) in [5.41, 5.74) is 4.13. The molecule has 0 aliphatic carbocycles. The third-order valence-electron chi connectivity index (χ3n) is 3.64. The number of hydrogen-bond acceptors (Lipinski definition) is 6. The summed E-state index contributed by atoms with van der Waals surface area (Å²) in [5.74, 6) is -0.317. The quantitative estimate of drug-likeness (QED) is 0.394. The molecule has 0 radical (unpaired) electrons. The van der Waals surface area contributed by atoms with Gasteiger partial charge in [-0.15, -0.1) is 0 Å². The molecule has 0 saturated heterocycles. The number of hydrogen-bond donors (Lipinski definition) is 2. The molecular weight excluding hydrogens is 350 g/mol. The first-order chi connectivity index (χ1) is 13.0. The lowest BCUT2D eigenvalue weighted by Crippen LogP contribution is -2.18. The van der Waals surface area contributed by atoms with Crippen LogP contribution in [0.1, 0.15) is 21.6 Å². The number of aromatic nitrogens is 2. The van der Waals surface area contributed by atoms with Gasteiger partial charge in [-0.25, -0.2) is 5.43 Å². The van der Waals surface area contributed by atoms with E-state index in [0.29, 0.717) is 6.54 Å². The van der Waals surface area contributed by atoms with Gasteiger partial charge in [0.05, 0.1) is 17.7 Å². The van der Waals surface area contributed by atoms with Crippen LogP contribution >= 0.6 is 0 Å². The molecule has 1 amide bonds. The number of non-ortho nitro benzene ring substituents is 1. The number of nitro benzene ring substituents is 1. The predicted molar refractivity (Wildman–Crippen MR) is 97.6 cm³/mol. The Kier molecular flexibility index (Phi) is 5.22. The molecule has 1 heterocycles. The molecule has 2 N–H and O–H groups in total. The summed E-state index contributed by atoms with van der Waals surface area (Å²) in [6.45, 7) is 0.377. The summed E-state index contributed by atoms with van der Waals surface area (Å²) >= 11 is 0. The Morgan fingerprint density at radius 1 is 1.19 bits per heavy atom. The first-order valence-electron chi connectivity index (χ1n) is 7.90. The van der Waals surface area contributed by atoms with Gasteiger partial charge in [-0.1, -0.05) is 12.1 Å². The van der Waals surface area contributed by atoms with Gasteiger partial charge in [-0.2, -0.15) is 10.2 Å². The van der Waals surface area contributed by atoms with E-state index in [1.165, 1.54) is 30.5 Å². The second kappa shape index (κ2) is 7.91. The van der Waals surface area contributed by atoms with Crippen molar-refractivity contribution >= 4 is 17.8 Å². The topological polar surface area (TPSA) is 123 Å². The fraction of sp³-hybridized carbons (Fsp3) is 0.0556. The van der Waals surface area contributed by atoms with Gasteiger partial charge in [0.2, 0.25) is 0 Å². The summed E-state index contributed by atoms with van der Waals surface area (Å²) in [6, 6.07) is 14.0. The number of nitrogens with zero attached hydrogens (tertiary/aromatic N) is 4. The Hall–Kier alpha value is -4.01. The molecule has 136 valence electrons. The third kappa shape index (κ3) is 4.75. The molecule has 0 aliphatic rings. The van der Waals surface area contributed by atoms with Crippen molar-refractivity contribution in [3.8, 4) is 5.75 Å². The van der Waals surface area contributed by atoms with Crippen LogP contribution in [0.4, 0.5) is 5.69 Å². The molecule has 3 rings (SSSR count). The molecule has 27 heavy (non-hydrogen) atoms. The highest BCUT2D eigenvalue weighted by Gasteiger charge is 2.09. The van der Waals surface area contributed by atoms with Crippen molar-refractivity contribution in [1.82, 2.24) is 15.2 Å². The second-order valence-electron chi connectivity index (χ2n) is 5.61. The lowest BCUT2D eigenvalue weighted by molar-refractivity contribution is -0.384. The van der Waals surface area contributed by atoms with Crippen LogP contribution in [0.2, 0.25) is 0 Å². The molecule has 0 spiro atoms.